The van der Waals surface area contributed by atoms with Crippen molar-refractivity contribution in [2.75, 3.05) is 12.2 Å². The Bertz CT molecular complexity index is 1010. The molecule has 0 bridgehead atoms. The predicted molar refractivity (Wildman–Crippen MR) is 93.9 cm³/mol. The maximum Gasteiger partial charge on any atom is 0.434 e. The van der Waals surface area contributed by atoms with Crippen molar-refractivity contribution in [3.8, 4) is 11.5 Å². The molecule has 1 amide bonds. The Morgan fingerprint density at radius 2 is 1.83 bits per heavy atom. The summed E-state index contributed by atoms with van der Waals surface area (Å²) in [5.41, 5.74) is -2.06. The summed E-state index contributed by atoms with van der Waals surface area (Å²) in [6.07, 6.45) is -1.30. The van der Waals surface area contributed by atoms with Crippen molar-refractivity contribution in [2.24, 2.45) is 0 Å². The van der Waals surface area contributed by atoms with Gasteiger partial charge < -0.3 is 9.57 Å². The van der Waals surface area contributed by atoms with Crippen LogP contribution in [0.1, 0.15) is 16.1 Å². The van der Waals surface area contributed by atoms with E-state index < -0.39 is 29.2 Å². The van der Waals surface area contributed by atoms with Crippen LogP contribution < -0.4 is 14.6 Å². The summed E-state index contributed by atoms with van der Waals surface area (Å²) in [6.45, 7) is 0. The monoisotopic (exact) mass is 407 g/mol. The number of hydroxylamine groups is 1. The van der Waals surface area contributed by atoms with Crippen LogP contribution in [0.2, 0.25) is 0 Å². The number of pyridine rings is 2. The molecule has 150 valence electrons. The number of rotatable bonds is 5. The molecule has 3 rings (SSSR count). The first kappa shape index (κ1) is 20.1. The summed E-state index contributed by atoms with van der Waals surface area (Å²) < 4.78 is 58.4. The highest BCUT2D eigenvalue weighted by molar-refractivity contribution is 6.05. The maximum atomic E-state index is 13.4. The summed E-state index contributed by atoms with van der Waals surface area (Å²) in [5.74, 6) is -1.93. The lowest BCUT2D eigenvalue weighted by Gasteiger charge is -2.24. The lowest BCUT2D eigenvalue weighted by atomic mass is 10.1. The minimum atomic E-state index is -4.86. The molecule has 29 heavy (non-hydrogen) atoms. The van der Waals surface area contributed by atoms with Gasteiger partial charge in [-0.15, -0.1) is 5.06 Å². The van der Waals surface area contributed by atoms with E-state index in [-0.39, 0.29) is 17.2 Å². The number of carbonyl (C=O) groups is 1. The molecule has 3 aromatic rings. The third kappa shape index (κ3) is 4.42. The van der Waals surface area contributed by atoms with Gasteiger partial charge in [0.15, 0.2) is 17.2 Å². The van der Waals surface area contributed by atoms with Crippen molar-refractivity contribution in [1.29, 1.82) is 0 Å². The summed E-state index contributed by atoms with van der Waals surface area (Å²) in [7, 11) is 1.25. The smallest absolute Gasteiger partial charge is 0.434 e. The highest BCUT2D eigenvalue weighted by atomic mass is 19.4. The van der Waals surface area contributed by atoms with Gasteiger partial charge in [-0.2, -0.15) is 13.2 Å². The van der Waals surface area contributed by atoms with Crippen LogP contribution in [0.3, 0.4) is 0 Å². The zero-order chi connectivity index (χ0) is 21.0. The van der Waals surface area contributed by atoms with Gasteiger partial charge in [-0.25, -0.2) is 4.39 Å². The quantitative estimate of drug-likeness (QED) is 0.467. The first-order chi connectivity index (χ1) is 13.8. The van der Waals surface area contributed by atoms with Gasteiger partial charge in [0.1, 0.15) is 11.5 Å². The number of anilines is 1. The zero-order valence-corrected chi connectivity index (χ0v) is 14.9. The van der Waals surface area contributed by atoms with Gasteiger partial charge in [-0.1, -0.05) is 0 Å². The molecule has 6 nitrogen and oxygen atoms in total. The molecule has 0 aliphatic heterocycles. The highest BCUT2D eigenvalue weighted by Gasteiger charge is 2.38. The van der Waals surface area contributed by atoms with Crippen LogP contribution in [0.15, 0.2) is 61.1 Å². The highest BCUT2D eigenvalue weighted by Crippen LogP contribution is 2.33. The summed E-state index contributed by atoms with van der Waals surface area (Å²) in [6, 6.07) is 8.29. The van der Waals surface area contributed by atoms with Gasteiger partial charge in [0.2, 0.25) is 0 Å². The molecule has 0 spiro atoms. The number of benzene rings is 1. The number of amides is 1. The van der Waals surface area contributed by atoms with Gasteiger partial charge in [-0.3, -0.25) is 14.8 Å². The SMILES string of the molecule is COc1cc(F)ccc1ON(C(=O)c1cccnc1C(F)(F)F)c1cccnc1. The Morgan fingerprint density at radius 1 is 1.07 bits per heavy atom. The molecule has 0 N–H and O–H groups in total. The third-order valence-electron chi connectivity index (χ3n) is 3.69. The van der Waals surface area contributed by atoms with E-state index in [1.807, 2.05) is 0 Å². The van der Waals surface area contributed by atoms with Crippen molar-refractivity contribution >= 4 is 11.6 Å². The standard InChI is InChI=1S/C19H13F4N3O3/c1-28-16-10-12(20)6-7-15(16)29-26(13-4-2-8-24-11-13)18(27)14-5-3-9-25-17(14)19(21,22)23/h2-11H,1H3. The lowest BCUT2D eigenvalue weighted by molar-refractivity contribution is -0.141. The molecule has 0 unspecified atom stereocenters. The summed E-state index contributed by atoms with van der Waals surface area (Å²) >= 11 is 0. The maximum absolute atomic E-state index is 13.4. The fourth-order valence-corrected chi connectivity index (χ4v) is 2.41. The number of halogens is 4. The number of aromatic nitrogens is 2. The Morgan fingerprint density at radius 3 is 2.48 bits per heavy atom. The Labute approximate surface area is 162 Å². The molecular formula is C19H13F4N3O3. The van der Waals surface area contributed by atoms with E-state index in [1.54, 1.807) is 0 Å². The molecule has 0 aliphatic rings. The van der Waals surface area contributed by atoms with Crippen LogP contribution in [-0.4, -0.2) is 23.0 Å². The van der Waals surface area contributed by atoms with Crippen molar-refractivity contribution in [3.05, 3.63) is 78.1 Å². The molecule has 0 fully saturated rings. The van der Waals surface area contributed by atoms with Crippen molar-refractivity contribution < 1.29 is 31.9 Å². The van der Waals surface area contributed by atoms with Crippen LogP contribution in [0.5, 0.6) is 11.5 Å². The minimum Gasteiger partial charge on any atom is -0.493 e. The second kappa shape index (κ2) is 8.13. The fraction of sp³-hybridized carbons (Fsp3) is 0.105. The predicted octanol–water partition coefficient (Wildman–Crippen LogP) is 4.28. The molecule has 10 heteroatoms. The Kier molecular flexibility index (Phi) is 5.62. The topological polar surface area (TPSA) is 64.6 Å². The van der Waals surface area contributed by atoms with Crippen molar-refractivity contribution in [3.63, 3.8) is 0 Å². The molecule has 2 heterocycles. The van der Waals surface area contributed by atoms with Crippen LogP contribution in [0, 0.1) is 5.82 Å². The molecule has 0 atom stereocenters. The largest absolute Gasteiger partial charge is 0.493 e. The van der Waals surface area contributed by atoms with E-state index in [1.165, 1.54) is 43.8 Å². The van der Waals surface area contributed by atoms with Crippen molar-refractivity contribution in [2.45, 2.75) is 6.18 Å². The third-order valence-corrected chi connectivity index (χ3v) is 3.69. The number of carbonyl (C=O) groups excluding carboxylic acids is 1. The van der Waals surface area contributed by atoms with Crippen LogP contribution >= 0.6 is 0 Å². The van der Waals surface area contributed by atoms with Crippen LogP contribution in [-0.2, 0) is 6.18 Å². The summed E-state index contributed by atoms with van der Waals surface area (Å²) in [4.78, 5) is 25.7. The van der Waals surface area contributed by atoms with Crippen molar-refractivity contribution in [1.82, 2.24) is 9.97 Å². The van der Waals surface area contributed by atoms with E-state index >= 15 is 0 Å². The molecule has 0 radical (unpaired) electrons. The molecule has 2 aromatic heterocycles. The van der Waals surface area contributed by atoms with Crippen LogP contribution in [0.4, 0.5) is 23.2 Å². The van der Waals surface area contributed by atoms with Gasteiger partial charge in [0.05, 0.1) is 18.9 Å². The van der Waals surface area contributed by atoms with E-state index in [9.17, 15) is 22.4 Å². The van der Waals surface area contributed by atoms with Crippen LogP contribution in [0.25, 0.3) is 0 Å². The number of hydrogen-bond donors (Lipinski definition) is 0. The molecule has 1 aromatic carbocycles. The van der Waals surface area contributed by atoms with Gasteiger partial charge in [0, 0.05) is 18.5 Å². The second-order valence-electron chi connectivity index (χ2n) is 5.59. The molecule has 0 saturated heterocycles. The zero-order valence-electron chi connectivity index (χ0n) is 14.9. The van der Waals surface area contributed by atoms with E-state index in [0.717, 1.165) is 24.4 Å². The lowest BCUT2D eigenvalue weighted by Crippen LogP contribution is -2.36. The first-order valence-electron chi connectivity index (χ1n) is 8.09. The van der Waals surface area contributed by atoms with Gasteiger partial charge in [0.25, 0.3) is 5.91 Å². The summed E-state index contributed by atoms with van der Waals surface area (Å²) in [5, 5.41) is 0.606. The number of alkyl halides is 3. The molecule has 0 aliphatic carbocycles. The number of methoxy groups -OCH3 is 1. The number of hydrogen-bond acceptors (Lipinski definition) is 5. The Balaban J connectivity index is 2.08. The normalized spacial score (nSPS) is 11.1. The number of nitrogens with zero attached hydrogens (tertiary/aromatic N) is 3. The Hall–Kier alpha value is -3.69. The minimum absolute atomic E-state index is 0.0425. The van der Waals surface area contributed by atoms with E-state index in [2.05, 4.69) is 9.97 Å². The average molecular weight is 407 g/mol. The number of ether oxygens (including phenoxy) is 1. The van der Waals surface area contributed by atoms with Gasteiger partial charge >= 0.3 is 6.18 Å². The molecule has 0 saturated carbocycles. The molecular weight excluding hydrogens is 394 g/mol. The van der Waals surface area contributed by atoms with Gasteiger partial charge in [-0.05, 0) is 36.4 Å². The second-order valence-corrected chi connectivity index (χ2v) is 5.59. The van der Waals surface area contributed by atoms with E-state index in [4.69, 9.17) is 9.57 Å². The average Bonchev–Trinajstić information content (AvgIpc) is 2.72. The van der Waals surface area contributed by atoms with E-state index in [0.29, 0.717) is 5.06 Å². The fourth-order valence-electron chi connectivity index (χ4n) is 2.41. The first-order valence-corrected chi connectivity index (χ1v) is 8.09.